The van der Waals surface area contributed by atoms with Crippen molar-refractivity contribution in [2.24, 2.45) is 0 Å². The molecule has 26 heavy (non-hydrogen) atoms. The van der Waals surface area contributed by atoms with E-state index in [1.54, 1.807) is 24.0 Å². The number of rotatable bonds is 4. The molecule has 0 spiro atoms. The predicted octanol–water partition coefficient (Wildman–Crippen LogP) is 2.72. The number of nitrogens with zero attached hydrogens (tertiary/aromatic N) is 3. The van der Waals surface area contributed by atoms with Gasteiger partial charge in [0.15, 0.2) is 5.82 Å². The fourth-order valence-corrected chi connectivity index (χ4v) is 3.11. The Morgan fingerprint density at radius 3 is 3.12 bits per heavy atom. The maximum absolute atomic E-state index is 14.1. The maximum Gasteiger partial charge on any atom is 0.410 e. The minimum Gasteiger partial charge on any atom is -0.450 e. The fourth-order valence-electron chi connectivity index (χ4n) is 3.11. The second-order valence-electron chi connectivity index (χ2n) is 6.39. The van der Waals surface area contributed by atoms with Crippen molar-refractivity contribution < 1.29 is 18.4 Å². The normalized spacial score (nSPS) is 18.6. The van der Waals surface area contributed by atoms with E-state index < -0.39 is 5.82 Å². The Morgan fingerprint density at radius 2 is 2.35 bits per heavy atom. The summed E-state index contributed by atoms with van der Waals surface area (Å²) in [4.78, 5) is 18.3. The molecule has 7 nitrogen and oxygen atoms in total. The van der Waals surface area contributed by atoms with E-state index in [1.165, 1.54) is 6.07 Å². The highest BCUT2D eigenvalue weighted by Gasteiger charge is 2.34. The third-order valence-electron chi connectivity index (χ3n) is 4.56. The van der Waals surface area contributed by atoms with Crippen molar-refractivity contribution in [3.63, 3.8) is 0 Å². The SMILES string of the molecule is CCOC(=O)N1CCNCC1C(C)c1noc(-c2cc(C)ccc2F)n1. The van der Waals surface area contributed by atoms with Gasteiger partial charge in [0.1, 0.15) is 5.82 Å². The van der Waals surface area contributed by atoms with Crippen LogP contribution in [-0.4, -0.2) is 53.4 Å². The van der Waals surface area contributed by atoms with E-state index in [4.69, 9.17) is 9.26 Å². The summed E-state index contributed by atoms with van der Waals surface area (Å²) in [7, 11) is 0. The number of carbonyl (C=O) groups excluding carboxylic acids is 1. The Kier molecular flexibility index (Phi) is 5.51. The van der Waals surface area contributed by atoms with Crippen molar-refractivity contribution in [3.05, 3.63) is 35.4 Å². The molecule has 2 heterocycles. The molecule has 1 aromatic carbocycles. The summed E-state index contributed by atoms with van der Waals surface area (Å²) in [6, 6.07) is 4.56. The first kappa shape index (κ1) is 18.3. The highest BCUT2D eigenvalue weighted by Crippen LogP contribution is 2.27. The number of hydrogen-bond donors (Lipinski definition) is 1. The number of aromatic nitrogens is 2. The van der Waals surface area contributed by atoms with Crippen molar-refractivity contribution in [1.29, 1.82) is 0 Å². The van der Waals surface area contributed by atoms with Crippen LogP contribution in [0.5, 0.6) is 0 Å². The first-order valence-corrected chi connectivity index (χ1v) is 8.75. The third-order valence-corrected chi connectivity index (χ3v) is 4.56. The number of aryl methyl sites for hydroxylation is 1. The smallest absolute Gasteiger partial charge is 0.410 e. The van der Waals surface area contributed by atoms with Crippen LogP contribution >= 0.6 is 0 Å². The molecule has 1 N–H and O–H groups in total. The minimum absolute atomic E-state index is 0.138. The number of benzene rings is 1. The van der Waals surface area contributed by atoms with Gasteiger partial charge in [0.25, 0.3) is 5.89 Å². The van der Waals surface area contributed by atoms with Crippen LogP contribution in [-0.2, 0) is 4.74 Å². The van der Waals surface area contributed by atoms with Crippen molar-refractivity contribution >= 4 is 6.09 Å². The van der Waals surface area contributed by atoms with Gasteiger partial charge in [-0.25, -0.2) is 9.18 Å². The number of nitrogens with one attached hydrogen (secondary N) is 1. The van der Waals surface area contributed by atoms with Gasteiger partial charge in [0, 0.05) is 25.6 Å². The van der Waals surface area contributed by atoms with Crippen LogP contribution in [0.15, 0.2) is 22.7 Å². The van der Waals surface area contributed by atoms with Crippen molar-refractivity contribution in [2.45, 2.75) is 32.7 Å². The van der Waals surface area contributed by atoms with Gasteiger partial charge in [-0.05, 0) is 26.0 Å². The maximum atomic E-state index is 14.1. The van der Waals surface area contributed by atoms with Gasteiger partial charge in [0.2, 0.25) is 0 Å². The van der Waals surface area contributed by atoms with Gasteiger partial charge in [-0.3, -0.25) is 0 Å². The first-order chi connectivity index (χ1) is 12.5. The Labute approximate surface area is 151 Å². The largest absolute Gasteiger partial charge is 0.450 e. The summed E-state index contributed by atoms with van der Waals surface area (Å²) in [6.45, 7) is 7.74. The Hall–Kier alpha value is -2.48. The van der Waals surface area contributed by atoms with Gasteiger partial charge < -0.3 is 19.5 Å². The van der Waals surface area contributed by atoms with E-state index in [0.29, 0.717) is 32.1 Å². The molecule has 1 aliphatic heterocycles. The lowest BCUT2D eigenvalue weighted by Gasteiger charge is -2.37. The van der Waals surface area contributed by atoms with Crippen LogP contribution in [0.1, 0.15) is 31.2 Å². The molecule has 0 bridgehead atoms. The molecule has 0 saturated carbocycles. The first-order valence-electron chi connectivity index (χ1n) is 8.75. The fraction of sp³-hybridized carbons (Fsp3) is 0.500. The lowest BCUT2D eigenvalue weighted by atomic mass is 9.98. The van der Waals surface area contributed by atoms with Crippen molar-refractivity contribution in [3.8, 4) is 11.5 Å². The molecule has 140 valence electrons. The standard InChI is InChI=1S/C18H23FN4O3/c1-4-25-18(24)23-8-7-20-10-15(23)12(3)16-21-17(26-22-16)13-9-11(2)5-6-14(13)19/h5-6,9,12,15,20H,4,7-8,10H2,1-3H3. The summed E-state index contributed by atoms with van der Waals surface area (Å²) >= 11 is 0. The van der Waals surface area contributed by atoms with E-state index in [0.717, 1.165) is 5.56 Å². The molecule has 0 radical (unpaired) electrons. The van der Waals surface area contributed by atoms with Crippen LogP contribution in [0, 0.1) is 12.7 Å². The molecule has 1 aliphatic rings. The molecular formula is C18H23FN4O3. The zero-order valence-corrected chi connectivity index (χ0v) is 15.2. The lowest BCUT2D eigenvalue weighted by Crippen LogP contribution is -2.55. The number of halogens is 1. The molecule has 1 aromatic heterocycles. The molecule has 1 fully saturated rings. The summed E-state index contributed by atoms with van der Waals surface area (Å²) in [5.41, 5.74) is 1.18. The van der Waals surface area contributed by atoms with E-state index in [9.17, 15) is 9.18 Å². The topological polar surface area (TPSA) is 80.5 Å². The van der Waals surface area contributed by atoms with E-state index in [-0.39, 0.29) is 29.5 Å². The molecule has 8 heteroatoms. The number of piperazine rings is 1. The Morgan fingerprint density at radius 1 is 1.54 bits per heavy atom. The summed E-state index contributed by atoms with van der Waals surface area (Å²) in [6.07, 6.45) is -0.348. The summed E-state index contributed by atoms with van der Waals surface area (Å²) in [5.74, 6) is -0.0353. The van der Waals surface area contributed by atoms with Gasteiger partial charge in [0.05, 0.1) is 18.2 Å². The molecule has 0 aliphatic carbocycles. The van der Waals surface area contributed by atoms with Crippen LogP contribution in [0.25, 0.3) is 11.5 Å². The highest BCUT2D eigenvalue weighted by molar-refractivity contribution is 5.68. The van der Waals surface area contributed by atoms with Crippen LogP contribution in [0.2, 0.25) is 0 Å². The third kappa shape index (κ3) is 3.70. The zero-order valence-electron chi connectivity index (χ0n) is 15.2. The van der Waals surface area contributed by atoms with E-state index >= 15 is 0 Å². The summed E-state index contributed by atoms with van der Waals surface area (Å²) < 4.78 is 24.5. The highest BCUT2D eigenvalue weighted by atomic mass is 19.1. The average Bonchev–Trinajstić information content (AvgIpc) is 3.13. The van der Waals surface area contributed by atoms with Gasteiger partial charge in [-0.15, -0.1) is 0 Å². The molecule has 2 atom stereocenters. The second kappa shape index (κ2) is 7.82. The summed E-state index contributed by atoms with van der Waals surface area (Å²) in [5, 5.41) is 7.29. The van der Waals surface area contributed by atoms with Crippen molar-refractivity contribution in [1.82, 2.24) is 20.4 Å². The molecule has 3 rings (SSSR count). The second-order valence-corrected chi connectivity index (χ2v) is 6.39. The quantitative estimate of drug-likeness (QED) is 0.901. The molecule has 1 amide bonds. The zero-order chi connectivity index (χ0) is 18.7. The van der Waals surface area contributed by atoms with Crippen LogP contribution in [0.4, 0.5) is 9.18 Å². The predicted molar refractivity (Wildman–Crippen MR) is 93.2 cm³/mol. The number of hydrogen-bond acceptors (Lipinski definition) is 6. The van der Waals surface area contributed by atoms with Crippen LogP contribution in [0.3, 0.4) is 0 Å². The molecular weight excluding hydrogens is 339 g/mol. The molecule has 2 unspecified atom stereocenters. The monoisotopic (exact) mass is 362 g/mol. The molecule has 1 saturated heterocycles. The number of amides is 1. The Bertz CT molecular complexity index is 780. The van der Waals surface area contributed by atoms with E-state index in [1.807, 2.05) is 13.8 Å². The lowest BCUT2D eigenvalue weighted by molar-refractivity contribution is 0.0745. The van der Waals surface area contributed by atoms with E-state index in [2.05, 4.69) is 15.5 Å². The van der Waals surface area contributed by atoms with Gasteiger partial charge in [-0.1, -0.05) is 23.7 Å². The van der Waals surface area contributed by atoms with Gasteiger partial charge >= 0.3 is 6.09 Å². The number of ether oxygens (including phenoxy) is 1. The van der Waals surface area contributed by atoms with Crippen molar-refractivity contribution in [2.75, 3.05) is 26.2 Å². The van der Waals surface area contributed by atoms with Crippen LogP contribution < -0.4 is 5.32 Å². The van der Waals surface area contributed by atoms with Gasteiger partial charge in [-0.2, -0.15) is 4.98 Å². The average molecular weight is 362 g/mol. The molecule has 2 aromatic rings. The minimum atomic E-state index is -0.411. The Balaban J connectivity index is 1.83. The number of carbonyl (C=O) groups is 1.